The van der Waals surface area contributed by atoms with Crippen LogP contribution >= 0.6 is 0 Å². The Labute approximate surface area is 306 Å². The van der Waals surface area contributed by atoms with Crippen molar-refractivity contribution in [3.05, 3.63) is 83.9 Å². The summed E-state index contributed by atoms with van der Waals surface area (Å²) in [5.41, 5.74) is 2.53. The lowest BCUT2D eigenvalue weighted by Crippen LogP contribution is -2.37. The SMILES string of the molecule is COC(=O)CCCOCCOCCOCCCCCCOc1cccc([C@H](C)NC(=O)c2cccc(NCC(=N)N(C)C(=N)c3ccncn3)c2)c1. The van der Waals surface area contributed by atoms with Crippen LogP contribution < -0.4 is 15.4 Å². The topological polar surface area (TPSA) is 181 Å². The second-order valence-electron chi connectivity index (χ2n) is 11.9. The number of amides is 1. The number of hydrogen-bond donors (Lipinski definition) is 4. The maximum atomic E-state index is 13.1. The monoisotopic (exact) mass is 719 g/mol. The Kier molecular flexibility index (Phi) is 19.4. The van der Waals surface area contributed by atoms with E-state index in [9.17, 15) is 9.59 Å². The number of ether oxygens (including phenoxy) is 5. The average molecular weight is 720 g/mol. The number of methoxy groups -OCH3 is 1. The minimum absolute atomic E-state index is 0.0908. The molecule has 14 heteroatoms. The molecule has 0 saturated carbocycles. The summed E-state index contributed by atoms with van der Waals surface area (Å²) >= 11 is 0. The van der Waals surface area contributed by atoms with Gasteiger partial charge in [0, 0.05) is 44.1 Å². The Morgan fingerprint density at radius 3 is 2.25 bits per heavy atom. The van der Waals surface area contributed by atoms with Gasteiger partial charge in [-0.25, -0.2) is 9.97 Å². The fraction of sp³-hybridized carbons (Fsp3) is 0.474. The van der Waals surface area contributed by atoms with E-state index in [0.29, 0.717) is 76.0 Å². The first kappa shape index (κ1) is 41.5. The van der Waals surface area contributed by atoms with Crippen molar-refractivity contribution in [2.75, 3.05) is 72.3 Å². The quantitative estimate of drug-likeness (QED) is 0.0388. The first-order valence-corrected chi connectivity index (χ1v) is 17.6. The van der Waals surface area contributed by atoms with Gasteiger partial charge in [0.15, 0.2) is 5.84 Å². The predicted octanol–water partition coefficient (Wildman–Crippen LogP) is 5.26. The van der Waals surface area contributed by atoms with Crippen LogP contribution in [0.25, 0.3) is 0 Å². The Morgan fingerprint density at radius 1 is 0.846 bits per heavy atom. The number of unbranched alkanes of at least 4 members (excludes halogenated alkanes) is 3. The predicted molar refractivity (Wildman–Crippen MR) is 199 cm³/mol. The van der Waals surface area contributed by atoms with Crippen molar-refractivity contribution in [2.45, 2.75) is 51.5 Å². The van der Waals surface area contributed by atoms with Crippen LogP contribution in [-0.4, -0.2) is 105 Å². The van der Waals surface area contributed by atoms with Crippen molar-refractivity contribution < 1.29 is 33.3 Å². The van der Waals surface area contributed by atoms with E-state index in [4.69, 9.17) is 29.8 Å². The van der Waals surface area contributed by atoms with Gasteiger partial charge in [-0.15, -0.1) is 0 Å². The number of likely N-dealkylation sites (N-methyl/N-ethyl adjacent to an activating group) is 1. The molecule has 0 aliphatic rings. The highest BCUT2D eigenvalue weighted by atomic mass is 16.5. The first-order chi connectivity index (χ1) is 25.3. The van der Waals surface area contributed by atoms with E-state index in [1.165, 1.54) is 18.3 Å². The van der Waals surface area contributed by atoms with Gasteiger partial charge in [-0.1, -0.05) is 24.6 Å². The molecule has 1 amide bonds. The minimum Gasteiger partial charge on any atom is -0.494 e. The number of hydrogen-bond acceptors (Lipinski definition) is 12. The van der Waals surface area contributed by atoms with Gasteiger partial charge in [0.1, 0.15) is 23.6 Å². The number of aromatic nitrogens is 2. The Bertz CT molecular complexity index is 1530. The fourth-order valence-electron chi connectivity index (χ4n) is 4.86. The van der Waals surface area contributed by atoms with Crippen molar-refractivity contribution >= 4 is 29.2 Å². The highest BCUT2D eigenvalue weighted by molar-refractivity contribution is 6.06. The number of nitrogens with zero attached hydrogens (tertiary/aromatic N) is 3. The molecule has 0 spiro atoms. The summed E-state index contributed by atoms with van der Waals surface area (Å²) in [5, 5.41) is 22.9. The number of carbonyl (C=O) groups is 2. The van der Waals surface area contributed by atoms with Gasteiger partial charge in [0.05, 0.1) is 52.7 Å². The molecule has 0 saturated heterocycles. The minimum atomic E-state index is -0.245. The number of anilines is 1. The highest BCUT2D eigenvalue weighted by Crippen LogP contribution is 2.21. The van der Waals surface area contributed by atoms with E-state index in [2.05, 4.69) is 25.3 Å². The fourth-order valence-corrected chi connectivity index (χ4v) is 4.86. The molecule has 4 N–H and O–H groups in total. The van der Waals surface area contributed by atoms with Crippen LogP contribution in [0.4, 0.5) is 5.69 Å². The Balaban J connectivity index is 1.26. The summed E-state index contributed by atoms with van der Waals surface area (Å²) in [7, 11) is 3.02. The van der Waals surface area contributed by atoms with Crippen LogP contribution in [0.3, 0.4) is 0 Å². The third-order valence-electron chi connectivity index (χ3n) is 7.95. The summed E-state index contributed by atoms with van der Waals surface area (Å²) < 4.78 is 27.1. The second-order valence-corrected chi connectivity index (χ2v) is 11.9. The Morgan fingerprint density at radius 2 is 1.54 bits per heavy atom. The van der Waals surface area contributed by atoms with E-state index >= 15 is 0 Å². The summed E-state index contributed by atoms with van der Waals surface area (Å²) in [6.07, 6.45) is 7.93. The molecule has 2 aromatic carbocycles. The van der Waals surface area contributed by atoms with Crippen LogP contribution in [0, 0.1) is 10.8 Å². The largest absolute Gasteiger partial charge is 0.494 e. The molecule has 14 nitrogen and oxygen atoms in total. The van der Waals surface area contributed by atoms with E-state index in [-0.39, 0.29) is 36.1 Å². The van der Waals surface area contributed by atoms with Gasteiger partial charge >= 0.3 is 5.97 Å². The molecular formula is C38H53N7O7. The molecule has 1 atom stereocenters. The van der Waals surface area contributed by atoms with Gasteiger partial charge in [0.25, 0.3) is 5.91 Å². The molecule has 0 aliphatic heterocycles. The van der Waals surface area contributed by atoms with Gasteiger partial charge in [-0.05, 0) is 74.6 Å². The molecule has 52 heavy (non-hydrogen) atoms. The Hall–Kier alpha value is -4.92. The summed E-state index contributed by atoms with van der Waals surface area (Å²) in [6.45, 7) is 5.98. The summed E-state index contributed by atoms with van der Waals surface area (Å²) in [6, 6.07) is 16.2. The van der Waals surface area contributed by atoms with Crippen LogP contribution in [0.2, 0.25) is 0 Å². The third kappa shape index (κ3) is 16.0. The average Bonchev–Trinajstić information content (AvgIpc) is 3.17. The molecule has 1 aromatic heterocycles. The van der Waals surface area contributed by atoms with Crippen LogP contribution in [0.5, 0.6) is 5.75 Å². The number of rotatable bonds is 25. The van der Waals surface area contributed by atoms with Crippen LogP contribution in [-0.2, 0) is 23.7 Å². The zero-order chi connectivity index (χ0) is 37.4. The van der Waals surface area contributed by atoms with Crippen molar-refractivity contribution in [1.29, 1.82) is 10.8 Å². The van der Waals surface area contributed by atoms with Crippen LogP contribution in [0.15, 0.2) is 67.1 Å². The van der Waals surface area contributed by atoms with Gasteiger partial charge in [0.2, 0.25) is 0 Å². The van der Waals surface area contributed by atoms with Crippen molar-refractivity contribution in [2.24, 2.45) is 0 Å². The number of esters is 1. The highest BCUT2D eigenvalue weighted by Gasteiger charge is 2.15. The second kappa shape index (κ2) is 24.3. The molecule has 0 fully saturated rings. The number of carbonyl (C=O) groups excluding carboxylic acids is 2. The normalized spacial score (nSPS) is 11.4. The number of benzene rings is 2. The molecule has 0 bridgehead atoms. The molecule has 1 heterocycles. The standard InChI is InChI=1S/C38H53N7O7/c1-29(44-38(47)31-12-8-13-32(25-31)42-27-35(39)45(2)37(40)34-16-17-41-28-43-34)30-11-9-14-33(26-30)52-20-7-5-4-6-18-49-21-23-51-24-22-50-19-10-15-36(46)48-3/h8-9,11-14,16-17,25-26,28-29,39-40,42H,4-7,10,15,18-24,27H2,1-3H3,(H,44,47)/t29-/m0/s1. The molecule has 0 radical (unpaired) electrons. The van der Waals surface area contributed by atoms with E-state index in [1.54, 1.807) is 37.5 Å². The van der Waals surface area contributed by atoms with Crippen molar-refractivity contribution in [3.63, 3.8) is 0 Å². The lowest BCUT2D eigenvalue weighted by atomic mass is 10.1. The van der Waals surface area contributed by atoms with E-state index in [0.717, 1.165) is 37.0 Å². The molecule has 0 unspecified atom stereocenters. The summed E-state index contributed by atoms with van der Waals surface area (Å²) in [5.74, 6) is 0.585. The smallest absolute Gasteiger partial charge is 0.305 e. The van der Waals surface area contributed by atoms with Gasteiger partial charge in [-0.3, -0.25) is 20.4 Å². The maximum Gasteiger partial charge on any atom is 0.305 e. The lowest BCUT2D eigenvalue weighted by Gasteiger charge is -2.21. The molecule has 3 aromatic rings. The first-order valence-electron chi connectivity index (χ1n) is 17.6. The zero-order valence-corrected chi connectivity index (χ0v) is 30.5. The maximum absolute atomic E-state index is 13.1. The molecule has 0 aliphatic carbocycles. The number of amidine groups is 2. The van der Waals surface area contributed by atoms with Gasteiger partial charge < -0.3 is 39.2 Å². The van der Waals surface area contributed by atoms with Crippen molar-refractivity contribution in [3.8, 4) is 5.75 Å². The molecule has 282 valence electrons. The molecule has 3 rings (SSSR count). The lowest BCUT2D eigenvalue weighted by molar-refractivity contribution is -0.141. The zero-order valence-electron chi connectivity index (χ0n) is 30.5. The van der Waals surface area contributed by atoms with E-state index in [1.807, 2.05) is 37.3 Å². The van der Waals surface area contributed by atoms with Crippen LogP contribution in [0.1, 0.15) is 73.1 Å². The number of nitrogens with one attached hydrogen (secondary N) is 4. The van der Waals surface area contributed by atoms with Gasteiger partial charge in [-0.2, -0.15) is 0 Å². The third-order valence-corrected chi connectivity index (χ3v) is 7.95. The summed E-state index contributed by atoms with van der Waals surface area (Å²) in [4.78, 5) is 33.5. The van der Waals surface area contributed by atoms with Crippen molar-refractivity contribution in [1.82, 2.24) is 20.2 Å². The van der Waals surface area contributed by atoms with E-state index < -0.39 is 0 Å². The molecular weight excluding hydrogens is 666 g/mol.